The molecule has 6 nitrogen and oxygen atoms in total. The van der Waals surface area contributed by atoms with E-state index >= 15 is 0 Å². The Morgan fingerprint density at radius 3 is 1.21 bits per heavy atom. The molecule has 3 aromatic rings. The van der Waals surface area contributed by atoms with E-state index in [0.717, 1.165) is 69.6 Å². The Labute approximate surface area is 227 Å². The lowest BCUT2D eigenvalue weighted by molar-refractivity contribution is 0.172. The topological polar surface area (TPSA) is 87.4 Å². The average molecular weight is 521 g/mol. The Hall–Kier alpha value is -3.06. The molecule has 38 heavy (non-hydrogen) atoms. The predicted octanol–water partition coefficient (Wildman–Crippen LogP) is 5.54. The van der Waals surface area contributed by atoms with Crippen LogP contribution in [-0.2, 0) is 19.6 Å². The molecular formula is C32H44N2O4. The summed E-state index contributed by atoms with van der Waals surface area (Å²) in [6.45, 7) is 15.5. The summed E-state index contributed by atoms with van der Waals surface area (Å²) in [5.74, 6) is 0.950. The van der Waals surface area contributed by atoms with Crippen LogP contribution in [0.25, 0.3) is 0 Å². The van der Waals surface area contributed by atoms with Crippen LogP contribution >= 0.6 is 0 Å². The van der Waals surface area contributed by atoms with Crippen molar-refractivity contribution >= 4 is 0 Å². The second-order valence-corrected chi connectivity index (χ2v) is 10.8. The van der Waals surface area contributed by atoms with Crippen molar-refractivity contribution in [1.82, 2.24) is 9.80 Å². The molecule has 3 aromatic carbocycles. The van der Waals surface area contributed by atoms with Crippen LogP contribution in [0.4, 0.5) is 0 Å². The summed E-state index contributed by atoms with van der Waals surface area (Å²) in [7, 11) is 0. The van der Waals surface area contributed by atoms with Gasteiger partial charge in [0.15, 0.2) is 0 Å². The number of benzene rings is 3. The molecule has 0 spiro atoms. The average Bonchev–Trinajstić information content (AvgIpc) is 2.83. The summed E-state index contributed by atoms with van der Waals surface area (Å²) >= 11 is 0. The minimum Gasteiger partial charge on any atom is -0.507 e. The molecule has 0 aliphatic heterocycles. The number of phenolic OH excluding ortho intramolecular Hbond substituents is 3. The van der Waals surface area contributed by atoms with Gasteiger partial charge in [-0.2, -0.15) is 0 Å². The fourth-order valence-electron chi connectivity index (χ4n) is 5.37. The highest BCUT2D eigenvalue weighted by molar-refractivity contribution is 5.45. The van der Waals surface area contributed by atoms with Crippen molar-refractivity contribution in [2.45, 2.75) is 67.6 Å². The first kappa shape index (κ1) is 29.5. The molecule has 206 valence electrons. The Morgan fingerprint density at radius 2 is 0.842 bits per heavy atom. The molecule has 0 fully saturated rings. The van der Waals surface area contributed by atoms with E-state index in [-0.39, 0.29) is 6.61 Å². The van der Waals surface area contributed by atoms with Gasteiger partial charge in [-0.15, -0.1) is 0 Å². The number of aliphatic hydroxyl groups is 1. The fourth-order valence-corrected chi connectivity index (χ4v) is 5.37. The van der Waals surface area contributed by atoms with Crippen LogP contribution in [0.5, 0.6) is 17.2 Å². The maximum atomic E-state index is 10.8. The van der Waals surface area contributed by atoms with Crippen LogP contribution in [0.15, 0.2) is 36.4 Å². The highest BCUT2D eigenvalue weighted by Crippen LogP contribution is 2.29. The van der Waals surface area contributed by atoms with E-state index in [1.54, 1.807) is 0 Å². The van der Waals surface area contributed by atoms with Crippen molar-refractivity contribution < 1.29 is 20.4 Å². The Kier molecular flexibility index (Phi) is 10.2. The van der Waals surface area contributed by atoms with Gasteiger partial charge in [0.2, 0.25) is 0 Å². The molecule has 0 atom stereocenters. The third-order valence-electron chi connectivity index (χ3n) is 7.12. The number of aryl methyl sites for hydroxylation is 6. The lowest BCUT2D eigenvalue weighted by Gasteiger charge is -2.27. The number of aliphatic hydroxyl groups excluding tert-OH is 1. The Morgan fingerprint density at radius 1 is 0.500 bits per heavy atom. The minimum absolute atomic E-state index is 0.0438. The van der Waals surface area contributed by atoms with Crippen LogP contribution in [0.3, 0.4) is 0 Å². The zero-order valence-electron chi connectivity index (χ0n) is 23.8. The van der Waals surface area contributed by atoms with E-state index < -0.39 is 0 Å². The number of hydrogen-bond donors (Lipinski definition) is 4. The fraction of sp³-hybridized carbons (Fsp3) is 0.438. The molecule has 0 radical (unpaired) electrons. The van der Waals surface area contributed by atoms with Crippen molar-refractivity contribution in [1.29, 1.82) is 0 Å². The summed E-state index contributed by atoms with van der Waals surface area (Å²) in [5, 5.41) is 41.8. The molecule has 0 saturated carbocycles. The van der Waals surface area contributed by atoms with E-state index in [0.29, 0.717) is 43.4 Å². The maximum absolute atomic E-state index is 10.8. The predicted molar refractivity (Wildman–Crippen MR) is 154 cm³/mol. The molecule has 0 unspecified atom stereocenters. The third kappa shape index (κ3) is 7.73. The van der Waals surface area contributed by atoms with Crippen LogP contribution in [0.1, 0.15) is 56.5 Å². The molecule has 0 aliphatic carbocycles. The van der Waals surface area contributed by atoms with Crippen molar-refractivity contribution in [3.05, 3.63) is 86.5 Å². The second-order valence-electron chi connectivity index (χ2n) is 10.8. The zero-order chi connectivity index (χ0) is 28.0. The molecule has 0 aliphatic rings. The molecule has 0 amide bonds. The summed E-state index contributed by atoms with van der Waals surface area (Å²) in [4.78, 5) is 4.42. The van der Waals surface area contributed by atoms with Crippen molar-refractivity contribution in [2.24, 2.45) is 0 Å². The largest absolute Gasteiger partial charge is 0.507 e. The van der Waals surface area contributed by atoms with Gasteiger partial charge in [-0.05, 0) is 71.2 Å². The highest BCUT2D eigenvalue weighted by atomic mass is 16.3. The third-order valence-corrected chi connectivity index (χ3v) is 7.12. The van der Waals surface area contributed by atoms with E-state index in [4.69, 9.17) is 0 Å². The number of rotatable bonds is 12. The van der Waals surface area contributed by atoms with Gasteiger partial charge in [0.1, 0.15) is 17.2 Å². The number of hydrogen-bond acceptors (Lipinski definition) is 6. The lowest BCUT2D eigenvalue weighted by atomic mass is 10.0. The normalized spacial score (nSPS) is 11.6. The molecule has 4 N–H and O–H groups in total. The summed E-state index contributed by atoms with van der Waals surface area (Å²) in [6.07, 6.45) is 0.822. The first-order valence-electron chi connectivity index (χ1n) is 13.4. The van der Waals surface area contributed by atoms with Gasteiger partial charge in [-0.25, -0.2) is 0 Å². The molecule has 0 aromatic heterocycles. The van der Waals surface area contributed by atoms with Crippen molar-refractivity contribution in [3.8, 4) is 17.2 Å². The molecule has 0 heterocycles. The summed E-state index contributed by atoms with van der Waals surface area (Å²) in [5.41, 5.74) is 8.50. The lowest BCUT2D eigenvalue weighted by Crippen LogP contribution is -2.31. The molecule has 0 bridgehead atoms. The first-order valence-corrected chi connectivity index (χ1v) is 13.4. The standard InChI is InChI=1S/C32H44N2O4/c1-21-12-24(4)30(36)27(15-21)18-33(10-11-35)8-7-9-34(19-28-16-22(2)13-25(5)31(28)37)20-29-17-23(3)14-26(6)32(29)38/h12-17,35-38H,7-11,18-20H2,1-6H3. The summed E-state index contributed by atoms with van der Waals surface area (Å²) in [6, 6.07) is 12.0. The van der Waals surface area contributed by atoms with Gasteiger partial charge >= 0.3 is 0 Å². The number of phenols is 3. The van der Waals surface area contributed by atoms with Gasteiger partial charge in [0.25, 0.3) is 0 Å². The Balaban J connectivity index is 1.79. The quantitative estimate of drug-likeness (QED) is 0.251. The van der Waals surface area contributed by atoms with Gasteiger partial charge in [-0.1, -0.05) is 53.1 Å². The van der Waals surface area contributed by atoms with E-state index in [1.165, 1.54) is 0 Å². The molecule has 6 heteroatoms. The van der Waals surface area contributed by atoms with Crippen molar-refractivity contribution in [2.75, 3.05) is 26.2 Å². The van der Waals surface area contributed by atoms with E-state index in [2.05, 4.69) is 9.80 Å². The van der Waals surface area contributed by atoms with Gasteiger partial charge in [0.05, 0.1) is 6.61 Å². The molecular weight excluding hydrogens is 476 g/mol. The van der Waals surface area contributed by atoms with Gasteiger partial charge in [-0.3, -0.25) is 9.80 Å². The second kappa shape index (κ2) is 13.1. The summed E-state index contributed by atoms with van der Waals surface area (Å²) < 4.78 is 0. The van der Waals surface area contributed by atoms with Crippen molar-refractivity contribution in [3.63, 3.8) is 0 Å². The minimum atomic E-state index is 0.0438. The van der Waals surface area contributed by atoms with E-state index in [1.807, 2.05) is 77.9 Å². The monoisotopic (exact) mass is 520 g/mol. The highest BCUT2D eigenvalue weighted by Gasteiger charge is 2.17. The maximum Gasteiger partial charge on any atom is 0.122 e. The molecule has 0 saturated heterocycles. The van der Waals surface area contributed by atoms with Crippen LogP contribution in [0, 0.1) is 41.5 Å². The van der Waals surface area contributed by atoms with Gasteiger partial charge < -0.3 is 20.4 Å². The van der Waals surface area contributed by atoms with Gasteiger partial charge in [0, 0.05) is 49.4 Å². The smallest absolute Gasteiger partial charge is 0.122 e. The Bertz CT molecular complexity index is 1200. The molecule has 3 rings (SSSR count). The SMILES string of the molecule is Cc1cc(C)c(O)c(CN(CCO)CCCN(Cc2cc(C)cc(C)c2O)Cc2cc(C)cc(C)c2O)c1. The number of nitrogens with zero attached hydrogens (tertiary/aromatic N) is 2. The first-order chi connectivity index (χ1) is 18.0. The van der Waals surface area contributed by atoms with Crippen LogP contribution in [-0.4, -0.2) is 56.5 Å². The van der Waals surface area contributed by atoms with E-state index in [9.17, 15) is 20.4 Å². The number of aromatic hydroxyl groups is 3. The van der Waals surface area contributed by atoms with Crippen LogP contribution in [0.2, 0.25) is 0 Å². The van der Waals surface area contributed by atoms with Crippen LogP contribution < -0.4 is 0 Å². The zero-order valence-corrected chi connectivity index (χ0v) is 23.8.